The molecule has 1 unspecified atom stereocenters. The third-order valence-corrected chi connectivity index (χ3v) is 3.58. The first kappa shape index (κ1) is 16.0. The Morgan fingerprint density at radius 2 is 1.56 bits per heavy atom. The van der Waals surface area contributed by atoms with E-state index >= 15 is 0 Å². The van der Waals surface area contributed by atoms with Crippen LogP contribution in [0, 0.1) is 11.8 Å². The van der Waals surface area contributed by atoms with E-state index in [0.717, 1.165) is 11.8 Å². The van der Waals surface area contributed by atoms with Crippen LogP contribution in [0.4, 0.5) is 0 Å². The van der Waals surface area contributed by atoms with Gasteiger partial charge in [0, 0.05) is 6.04 Å². The molecule has 0 aromatic heterocycles. The Bertz CT molecular complexity index is 136. The van der Waals surface area contributed by atoms with Gasteiger partial charge in [-0.15, -0.1) is 0 Å². The van der Waals surface area contributed by atoms with Crippen LogP contribution in [-0.4, -0.2) is 6.04 Å². The number of nitrogens with two attached hydrogens (primary N) is 1. The Kier molecular flexibility index (Phi) is 10.1. The Hall–Kier alpha value is -0.0400. The molecule has 1 atom stereocenters. The summed E-state index contributed by atoms with van der Waals surface area (Å²) in [5.41, 5.74) is 5.63. The molecule has 1 aliphatic carbocycles. The highest BCUT2D eigenvalue weighted by Crippen LogP contribution is 2.15. The van der Waals surface area contributed by atoms with E-state index < -0.39 is 0 Å². The molecule has 1 nitrogen and oxygen atoms in total. The van der Waals surface area contributed by atoms with Gasteiger partial charge in [0.15, 0.2) is 0 Å². The van der Waals surface area contributed by atoms with Gasteiger partial charge in [0.2, 0.25) is 0 Å². The summed E-state index contributed by atoms with van der Waals surface area (Å²) < 4.78 is 0. The van der Waals surface area contributed by atoms with Crippen molar-refractivity contribution in [1.29, 1.82) is 0 Å². The second-order valence-electron chi connectivity index (χ2n) is 5.88. The van der Waals surface area contributed by atoms with Gasteiger partial charge in [0.25, 0.3) is 0 Å². The molecule has 98 valence electrons. The SMILES string of the molecule is CCC(C)CCC(C)C.NC1CCCCC1. The van der Waals surface area contributed by atoms with Gasteiger partial charge in [-0.1, -0.05) is 66.2 Å². The van der Waals surface area contributed by atoms with Gasteiger partial charge in [-0.3, -0.25) is 0 Å². The van der Waals surface area contributed by atoms with Crippen molar-refractivity contribution in [3.63, 3.8) is 0 Å². The third-order valence-electron chi connectivity index (χ3n) is 3.58. The largest absolute Gasteiger partial charge is 0.328 e. The molecular formula is C15H33N. The molecule has 1 saturated carbocycles. The average molecular weight is 227 g/mol. The molecule has 0 aromatic rings. The summed E-state index contributed by atoms with van der Waals surface area (Å²) in [5, 5.41) is 0. The van der Waals surface area contributed by atoms with E-state index in [1.54, 1.807) is 0 Å². The first-order chi connectivity index (χ1) is 7.56. The number of hydrogen-bond acceptors (Lipinski definition) is 1. The molecule has 0 spiro atoms. The normalized spacial score (nSPS) is 19.1. The summed E-state index contributed by atoms with van der Waals surface area (Å²) in [4.78, 5) is 0. The first-order valence-electron chi connectivity index (χ1n) is 7.31. The summed E-state index contributed by atoms with van der Waals surface area (Å²) in [6.07, 6.45) is 10.8. The van der Waals surface area contributed by atoms with Crippen LogP contribution < -0.4 is 5.73 Å². The lowest BCUT2D eigenvalue weighted by molar-refractivity contribution is 0.441. The molecule has 0 heterocycles. The van der Waals surface area contributed by atoms with E-state index in [9.17, 15) is 0 Å². The molecule has 0 aliphatic heterocycles. The molecule has 0 saturated heterocycles. The Balaban J connectivity index is 0.000000288. The highest BCUT2D eigenvalue weighted by Gasteiger charge is 2.06. The van der Waals surface area contributed by atoms with Crippen LogP contribution in [0.5, 0.6) is 0 Å². The summed E-state index contributed by atoms with van der Waals surface area (Å²) in [6.45, 7) is 9.19. The molecule has 0 amide bonds. The first-order valence-corrected chi connectivity index (χ1v) is 7.31. The maximum Gasteiger partial charge on any atom is 0.00388 e. The summed E-state index contributed by atoms with van der Waals surface area (Å²) >= 11 is 0. The lowest BCUT2D eigenvalue weighted by Crippen LogP contribution is -2.22. The lowest BCUT2D eigenvalue weighted by atomic mass is 9.97. The predicted octanol–water partition coefficient (Wildman–Crippen LogP) is 4.75. The van der Waals surface area contributed by atoms with Crippen molar-refractivity contribution in [3.8, 4) is 0 Å². The van der Waals surface area contributed by atoms with E-state index in [4.69, 9.17) is 5.73 Å². The minimum atomic E-state index is 0.536. The van der Waals surface area contributed by atoms with Gasteiger partial charge in [-0.2, -0.15) is 0 Å². The van der Waals surface area contributed by atoms with Crippen molar-refractivity contribution in [2.45, 2.75) is 85.1 Å². The van der Waals surface area contributed by atoms with Crippen LogP contribution in [0.25, 0.3) is 0 Å². The van der Waals surface area contributed by atoms with E-state index in [2.05, 4.69) is 27.7 Å². The van der Waals surface area contributed by atoms with Crippen molar-refractivity contribution in [1.82, 2.24) is 0 Å². The third kappa shape index (κ3) is 10.5. The van der Waals surface area contributed by atoms with Crippen LogP contribution in [0.2, 0.25) is 0 Å². The molecule has 1 heteroatoms. The zero-order valence-electron chi connectivity index (χ0n) is 12.0. The van der Waals surface area contributed by atoms with Crippen LogP contribution in [0.1, 0.15) is 79.1 Å². The van der Waals surface area contributed by atoms with Crippen molar-refractivity contribution >= 4 is 0 Å². The standard InChI is InChI=1S/C9H20.C6H13N/c1-5-9(4)7-6-8(2)3;7-6-4-2-1-3-5-6/h8-9H,5-7H2,1-4H3;6H,1-5,7H2. The highest BCUT2D eigenvalue weighted by atomic mass is 14.6. The van der Waals surface area contributed by atoms with Crippen LogP contribution in [0.15, 0.2) is 0 Å². The fourth-order valence-electron chi connectivity index (χ4n) is 1.96. The molecule has 0 aromatic carbocycles. The minimum absolute atomic E-state index is 0.536. The molecule has 1 fully saturated rings. The summed E-state index contributed by atoms with van der Waals surface area (Å²) in [5.74, 6) is 1.83. The van der Waals surface area contributed by atoms with Gasteiger partial charge < -0.3 is 5.73 Å². The highest BCUT2D eigenvalue weighted by molar-refractivity contribution is 4.66. The van der Waals surface area contributed by atoms with Crippen LogP contribution in [0.3, 0.4) is 0 Å². The van der Waals surface area contributed by atoms with Gasteiger partial charge in [-0.05, 0) is 24.7 Å². The maximum absolute atomic E-state index is 5.63. The Morgan fingerprint density at radius 1 is 1.00 bits per heavy atom. The fourth-order valence-corrected chi connectivity index (χ4v) is 1.96. The molecule has 1 aliphatic rings. The zero-order chi connectivity index (χ0) is 12.4. The van der Waals surface area contributed by atoms with E-state index in [0.29, 0.717) is 6.04 Å². The van der Waals surface area contributed by atoms with Crippen molar-refractivity contribution < 1.29 is 0 Å². The predicted molar refractivity (Wildman–Crippen MR) is 74.6 cm³/mol. The van der Waals surface area contributed by atoms with Gasteiger partial charge >= 0.3 is 0 Å². The second kappa shape index (κ2) is 10.1. The fraction of sp³-hybridized carbons (Fsp3) is 1.00. The quantitative estimate of drug-likeness (QED) is 0.737. The topological polar surface area (TPSA) is 26.0 Å². The van der Waals surface area contributed by atoms with E-state index in [-0.39, 0.29) is 0 Å². The lowest BCUT2D eigenvalue weighted by Gasteiger charge is -2.15. The van der Waals surface area contributed by atoms with Gasteiger partial charge in [0.1, 0.15) is 0 Å². The zero-order valence-corrected chi connectivity index (χ0v) is 12.0. The van der Waals surface area contributed by atoms with Crippen molar-refractivity contribution in [2.75, 3.05) is 0 Å². The van der Waals surface area contributed by atoms with Crippen molar-refractivity contribution in [2.24, 2.45) is 17.6 Å². The van der Waals surface area contributed by atoms with E-state index in [1.165, 1.54) is 51.4 Å². The minimum Gasteiger partial charge on any atom is -0.328 e. The monoisotopic (exact) mass is 227 g/mol. The Morgan fingerprint density at radius 3 is 1.88 bits per heavy atom. The van der Waals surface area contributed by atoms with E-state index in [1.807, 2.05) is 0 Å². The van der Waals surface area contributed by atoms with Gasteiger partial charge in [0.05, 0.1) is 0 Å². The van der Waals surface area contributed by atoms with Gasteiger partial charge in [-0.25, -0.2) is 0 Å². The molecule has 0 bridgehead atoms. The Labute approximate surface area is 103 Å². The smallest absolute Gasteiger partial charge is 0.00388 e. The second-order valence-corrected chi connectivity index (χ2v) is 5.88. The molecule has 0 radical (unpaired) electrons. The van der Waals surface area contributed by atoms with Crippen LogP contribution >= 0.6 is 0 Å². The van der Waals surface area contributed by atoms with Crippen LogP contribution in [-0.2, 0) is 0 Å². The average Bonchev–Trinajstić information content (AvgIpc) is 2.27. The number of rotatable bonds is 4. The number of hydrogen-bond donors (Lipinski definition) is 1. The maximum atomic E-state index is 5.63. The molecular weight excluding hydrogens is 194 g/mol. The molecule has 1 rings (SSSR count). The summed E-state index contributed by atoms with van der Waals surface area (Å²) in [6, 6.07) is 0.536. The summed E-state index contributed by atoms with van der Waals surface area (Å²) in [7, 11) is 0. The molecule has 16 heavy (non-hydrogen) atoms. The molecule has 2 N–H and O–H groups in total. The van der Waals surface area contributed by atoms with Crippen molar-refractivity contribution in [3.05, 3.63) is 0 Å².